The summed E-state index contributed by atoms with van der Waals surface area (Å²) < 4.78 is 6.20. The molecule has 0 spiro atoms. The van der Waals surface area contributed by atoms with Gasteiger partial charge in [0.1, 0.15) is 9.67 Å². The minimum Gasteiger partial charge on any atom is -0.473 e. The Labute approximate surface area is 107 Å². The number of hydrogen-bond acceptors (Lipinski definition) is 4. The molecule has 1 aromatic rings. The summed E-state index contributed by atoms with van der Waals surface area (Å²) in [6, 6.07) is 0. The second kappa shape index (κ2) is 5.13. The molecule has 0 amide bonds. The molecular formula is C10H14IN3O2. The highest BCUT2D eigenvalue weighted by molar-refractivity contribution is 14.1. The smallest absolute Gasteiger partial charge is 0.268 e. The third kappa shape index (κ3) is 2.54. The molecule has 1 aliphatic rings. The lowest BCUT2D eigenvalue weighted by Crippen LogP contribution is -2.39. The average molecular weight is 335 g/mol. The lowest BCUT2D eigenvalue weighted by Gasteiger charge is -2.34. The van der Waals surface area contributed by atoms with Gasteiger partial charge in [-0.25, -0.2) is 4.98 Å². The number of ether oxygens (including phenoxy) is 1. The number of nitrogens with one attached hydrogen (secondary N) is 2. The molecule has 0 aliphatic heterocycles. The normalized spacial score (nSPS) is 23.9. The molecule has 0 radical (unpaired) electrons. The number of nitrogens with zero attached hydrogens (tertiary/aromatic N) is 1. The van der Waals surface area contributed by atoms with Crippen LogP contribution >= 0.6 is 22.6 Å². The molecule has 1 aliphatic carbocycles. The van der Waals surface area contributed by atoms with Crippen molar-refractivity contribution in [3.05, 3.63) is 20.3 Å². The highest BCUT2D eigenvalue weighted by Gasteiger charge is 2.31. The summed E-state index contributed by atoms with van der Waals surface area (Å²) in [6.07, 6.45) is 3.65. The SMILES string of the molecule is CNCC1CC(Oc2nc[nH]c(=O)c2I)C1. The van der Waals surface area contributed by atoms with E-state index < -0.39 is 0 Å². The molecule has 1 saturated carbocycles. The van der Waals surface area contributed by atoms with Gasteiger partial charge in [-0.2, -0.15) is 0 Å². The van der Waals surface area contributed by atoms with E-state index in [2.05, 4.69) is 15.3 Å². The Balaban J connectivity index is 1.92. The fourth-order valence-corrected chi connectivity index (χ4v) is 2.25. The molecule has 2 N–H and O–H groups in total. The van der Waals surface area contributed by atoms with Crippen molar-refractivity contribution < 1.29 is 4.74 Å². The molecule has 0 unspecified atom stereocenters. The Bertz CT molecular complexity index is 415. The van der Waals surface area contributed by atoms with Crippen LogP contribution < -0.4 is 15.6 Å². The van der Waals surface area contributed by atoms with Crippen LogP contribution in [0.2, 0.25) is 0 Å². The van der Waals surface area contributed by atoms with E-state index in [1.54, 1.807) is 0 Å². The van der Waals surface area contributed by atoms with Gasteiger partial charge < -0.3 is 15.0 Å². The minimum atomic E-state index is -0.142. The zero-order chi connectivity index (χ0) is 11.5. The fraction of sp³-hybridized carbons (Fsp3) is 0.600. The largest absolute Gasteiger partial charge is 0.473 e. The van der Waals surface area contributed by atoms with Crippen LogP contribution in [0.15, 0.2) is 11.1 Å². The Hall–Kier alpha value is -0.630. The molecule has 1 fully saturated rings. The molecule has 0 atom stereocenters. The highest BCUT2D eigenvalue weighted by atomic mass is 127. The average Bonchev–Trinajstić information content (AvgIpc) is 2.21. The van der Waals surface area contributed by atoms with Crippen LogP contribution in [0.25, 0.3) is 0 Å². The van der Waals surface area contributed by atoms with E-state index in [1.807, 2.05) is 29.6 Å². The minimum absolute atomic E-state index is 0.142. The van der Waals surface area contributed by atoms with Crippen molar-refractivity contribution in [3.8, 4) is 5.88 Å². The first-order valence-corrected chi connectivity index (χ1v) is 6.33. The summed E-state index contributed by atoms with van der Waals surface area (Å²) in [6.45, 7) is 1.03. The monoisotopic (exact) mass is 335 g/mol. The van der Waals surface area contributed by atoms with Gasteiger partial charge in [0, 0.05) is 0 Å². The van der Waals surface area contributed by atoms with Crippen LogP contribution in [0.1, 0.15) is 12.8 Å². The van der Waals surface area contributed by atoms with Gasteiger partial charge in [0.05, 0.1) is 6.33 Å². The lowest BCUT2D eigenvalue weighted by molar-refractivity contribution is 0.0606. The molecule has 6 heteroatoms. The van der Waals surface area contributed by atoms with Crippen LogP contribution in [-0.4, -0.2) is 29.7 Å². The maximum Gasteiger partial charge on any atom is 0.268 e. The van der Waals surface area contributed by atoms with Gasteiger partial charge in [0.2, 0.25) is 5.88 Å². The molecule has 5 nitrogen and oxygen atoms in total. The zero-order valence-electron chi connectivity index (χ0n) is 9.00. The Morgan fingerprint density at radius 1 is 1.69 bits per heavy atom. The maximum absolute atomic E-state index is 11.3. The molecule has 0 saturated heterocycles. The number of hydrogen-bond donors (Lipinski definition) is 2. The second-order valence-corrected chi connectivity index (χ2v) is 5.06. The summed E-state index contributed by atoms with van der Waals surface area (Å²) >= 11 is 1.96. The van der Waals surface area contributed by atoms with Crippen molar-refractivity contribution in [1.29, 1.82) is 0 Å². The first kappa shape index (κ1) is 11.8. The molecule has 0 bridgehead atoms. The summed E-state index contributed by atoms with van der Waals surface area (Å²) in [5.74, 6) is 1.15. The highest BCUT2D eigenvalue weighted by Crippen LogP contribution is 2.30. The molecule has 0 aromatic carbocycles. The Morgan fingerprint density at radius 2 is 2.44 bits per heavy atom. The van der Waals surface area contributed by atoms with Gasteiger partial charge in [-0.05, 0) is 54.9 Å². The van der Waals surface area contributed by atoms with E-state index in [-0.39, 0.29) is 11.7 Å². The predicted octanol–water partition coefficient (Wildman–Crippen LogP) is 0.751. The summed E-state index contributed by atoms with van der Waals surface area (Å²) in [7, 11) is 1.95. The van der Waals surface area contributed by atoms with E-state index in [9.17, 15) is 4.79 Å². The number of rotatable bonds is 4. The van der Waals surface area contributed by atoms with Crippen molar-refractivity contribution in [1.82, 2.24) is 15.3 Å². The molecule has 88 valence electrons. The van der Waals surface area contributed by atoms with E-state index >= 15 is 0 Å². The fourth-order valence-electron chi connectivity index (χ4n) is 1.83. The van der Waals surface area contributed by atoms with Crippen LogP contribution in [0.4, 0.5) is 0 Å². The summed E-state index contributed by atoms with van der Waals surface area (Å²) in [4.78, 5) is 17.8. The van der Waals surface area contributed by atoms with Crippen molar-refractivity contribution >= 4 is 22.6 Å². The molecule has 1 aromatic heterocycles. The van der Waals surface area contributed by atoms with Crippen molar-refractivity contribution in [2.75, 3.05) is 13.6 Å². The van der Waals surface area contributed by atoms with Crippen molar-refractivity contribution in [2.45, 2.75) is 18.9 Å². The van der Waals surface area contributed by atoms with Gasteiger partial charge in [0.25, 0.3) is 5.56 Å². The molecule has 2 rings (SSSR count). The van der Waals surface area contributed by atoms with Crippen LogP contribution in [-0.2, 0) is 0 Å². The first-order chi connectivity index (χ1) is 7.70. The third-order valence-electron chi connectivity index (χ3n) is 2.73. The van der Waals surface area contributed by atoms with Gasteiger partial charge in [0.15, 0.2) is 0 Å². The summed E-state index contributed by atoms with van der Waals surface area (Å²) in [5.41, 5.74) is -0.142. The summed E-state index contributed by atoms with van der Waals surface area (Å²) in [5, 5.41) is 3.15. The Morgan fingerprint density at radius 3 is 3.12 bits per heavy atom. The van der Waals surface area contributed by atoms with E-state index in [1.165, 1.54) is 6.33 Å². The number of H-pyrrole nitrogens is 1. The maximum atomic E-state index is 11.3. The predicted molar refractivity (Wildman–Crippen MR) is 68.6 cm³/mol. The lowest BCUT2D eigenvalue weighted by atomic mass is 9.82. The van der Waals surface area contributed by atoms with Crippen LogP contribution in [0, 0.1) is 9.49 Å². The van der Waals surface area contributed by atoms with E-state index in [0.29, 0.717) is 15.4 Å². The third-order valence-corrected chi connectivity index (χ3v) is 3.68. The second-order valence-electron chi connectivity index (χ2n) is 3.99. The van der Waals surface area contributed by atoms with Gasteiger partial charge >= 0.3 is 0 Å². The quantitative estimate of drug-likeness (QED) is 0.797. The van der Waals surface area contributed by atoms with Crippen molar-refractivity contribution in [2.24, 2.45) is 5.92 Å². The standard InChI is InChI=1S/C10H14IN3O2/c1-12-4-6-2-7(3-6)16-10-8(11)9(15)13-5-14-10/h5-7,12H,2-4H2,1H3,(H,13,14,15). The number of aromatic amines is 1. The van der Waals surface area contributed by atoms with Gasteiger partial charge in [-0.3, -0.25) is 4.79 Å². The topological polar surface area (TPSA) is 67.0 Å². The van der Waals surface area contributed by atoms with E-state index in [4.69, 9.17) is 4.74 Å². The molecule has 16 heavy (non-hydrogen) atoms. The van der Waals surface area contributed by atoms with Gasteiger partial charge in [-0.15, -0.1) is 0 Å². The van der Waals surface area contributed by atoms with Crippen LogP contribution in [0.5, 0.6) is 5.88 Å². The zero-order valence-corrected chi connectivity index (χ0v) is 11.2. The van der Waals surface area contributed by atoms with Crippen molar-refractivity contribution in [3.63, 3.8) is 0 Å². The Kier molecular flexibility index (Phi) is 3.80. The first-order valence-electron chi connectivity index (χ1n) is 5.25. The number of halogens is 1. The van der Waals surface area contributed by atoms with Crippen LogP contribution in [0.3, 0.4) is 0 Å². The van der Waals surface area contributed by atoms with Gasteiger partial charge in [-0.1, -0.05) is 0 Å². The van der Waals surface area contributed by atoms with E-state index in [0.717, 1.165) is 19.4 Å². The number of aromatic nitrogens is 2. The molecular weight excluding hydrogens is 321 g/mol. The molecule has 1 heterocycles.